The van der Waals surface area contributed by atoms with Gasteiger partial charge in [0.25, 0.3) is 0 Å². The van der Waals surface area contributed by atoms with Gasteiger partial charge in [-0.25, -0.2) is 0 Å². The molecular weight excluding hydrogens is 371 g/mol. The number of hydrogen-bond acceptors (Lipinski definition) is 2. The van der Waals surface area contributed by atoms with Crippen molar-refractivity contribution in [1.29, 1.82) is 0 Å². The van der Waals surface area contributed by atoms with Crippen molar-refractivity contribution >= 4 is 23.2 Å². The Morgan fingerprint density at radius 2 is 1.30 bits per heavy atom. The molecule has 0 radical (unpaired) electrons. The van der Waals surface area contributed by atoms with E-state index in [4.69, 9.17) is 0 Å². The fourth-order valence-corrected chi connectivity index (χ4v) is 2.15. The van der Waals surface area contributed by atoms with Crippen LogP contribution in [0.3, 0.4) is 0 Å². The Morgan fingerprint density at radius 3 is 1.85 bits per heavy atom. The predicted molar refractivity (Wildman–Crippen MR) is 89.5 cm³/mol. The molecule has 0 unspecified atom stereocenters. The van der Waals surface area contributed by atoms with Crippen molar-refractivity contribution in [3.05, 3.63) is 60.2 Å². The first kappa shape index (κ1) is 20.3. The fourth-order valence-electron chi connectivity index (χ4n) is 2.15. The Morgan fingerprint density at radius 1 is 0.778 bits per heavy atom. The largest absolute Gasteiger partial charge is 0.463 e. The highest BCUT2D eigenvalue weighted by Crippen LogP contribution is 2.36. The highest BCUT2D eigenvalue weighted by molar-refractivity contribution is 6.02. The predicted octanol–water partition coefficient (Wildman–Crippen LogP) is 4.39. The summed E-state index contributed by atoms with van der Waals surface area (Å²) in [6, 6.07) is 14.2. The van der Waals surface area contributed by atoms with E-state index in [9.17, 15) is 31.5 Å². The van der Waals surface area contributed by atoms with E-state index in [1.54, 1.807) is 12.1 Å². The van der Waals surface area contributed by atoms with Gasteiger partial charge in [0, 0.05) is 6.42 Å². The quantitative estimate of drug-likeness (QED) is 0.724. The van der Waals surface area contributed by atoms with Crippen LogP contribution >= 0.6 is 0 Å². The molecule has 2 rings (SSSR count). The molecule has 0 aromatic heterocycles. The maximum Gasteiger partial charge on any atom is 0.463 e. The molecule has 144 valence electrons. The van der Waals surface area contributed by atoms with Crippen molar-refractivity contribution in [3.63, 3.8) is 0 Å². The summed E-state index contributed by atoms with van der Waals surface area (Å²) >= 11 is 0. The van der Waals surface area contributed by atoms with Crippen molar-refractivity contribution in [1.82, 2.24) is 0 Å². The van der Waals surface area contributed by atoms with Crippen LogP contribution in [-0.2, 0) is 16.0 Å². The van der Waals surface area contributed by atoms with Gasteiger partial charge >= 0.3 is 18.0 Å². The Kier molecular flexibility index (Phi) is 6.14. The number of para-hydroxylation sites is 2. The van der Waals surface area contributed by atoms with E-state index in [0.29, 0.717) is 6.42 Å². The molecule has 2 amide bonds. The second-order valence-corrected chi connectivity index (χ2v) is 5.61. The van der Waals surface area contributed by atoms with Crippen LogP contribution in [0.25, 0.3) is 0 Å². The summed E-state index contributed by atoms with van der Waals surface area (Å²) < 4.78 is 63.0. The number of aryl methyl sites for hydroxylation is 1. The molecule has 0 bridgehead atoms. The summed E-state index contributed by atoms with van der Waals surface area (Å²) in [5.41, 5.74) is 0.459. The van der Waals surface area contributed by atoms with Gasteiger partial charge in [-0.1, -0.05) is 42.5 Å². The first-order valence-electron chi connectivity index (χ1n) is 7.80. The van der Waals surface area contributed by atoms with Crippen LogP contribution in [0, 0.1) is 0 Å². The zero-order valence-electron chi connectivity index (χ0n) is 13.8. The van der Waals surface area contributed by atoms with Gasteiger partial charge in [0.2, 0.25) is 5.91 Å². The molecule has 4 nitrogen and oxygen atoms in total. The first-order valence-corrected chi connectivity index (χ1v) is 7.80. The van der Waals surface area contributed by atoms with Crippen LogP contribution in [0.4, 0.5) is 33.3 Å². The molecule has 27 heavy (non-hydrogen) atoms. The molecule has 9 heteroatoms. The van der Waals surface area contributed by atoms with E-state index in [2.05, 4.69) is 5.32 Å². The van der Waals surface area contributed by atoms with Crippen molar-refractivity contribution in [3.8, 4) is 0 Å². The van der Waals surface area contributed by atoms with Gasteiger partial charge in [-0.2, -0.15) is 22.0 Å². The average molecular weight is 386 g/mol. The van der Waals surface area contributed by atoms with Gasteiger partial charge in [-0.05, 0) is 24.1 Å². The maximum atomic E-state index is 13.1. The second-order valence-electron chi connectivity index (χ2n) is 5.61. The number of alkyl halides is 5. The minimum absolute atomic E-state index is 0.0605. The molecule has 0 aliphatic carbocycles. The second kappa shape index (κ2) is 8.15. The Hall–Kier alpha value is -2.97. The van der Waals surface area contributed by atoms with Gasteiger partial charge in [0.1, 0.15) is 0 Å². The standard InChI is InChI=1S/C18H15F5N2O2/c19-17(20,18(21,22)23)16(27)25-14-9-5-4-8-13(14)24-15(26)11-10-12-6-2-1-3-7-12/h1-9H,10-11H2,(H,24,26)(H,25,27). The van der Waals surface area contributed by atoms with Gasteiger partial charge in [-0.3, -0.25) is 9.59 Å². The summed E-state index contributed by atoms with van der Waals surface area (Å²) in [6.07, 6.45) is -5.55. The zero-order valence-corrected chi connectivity index (χ0v) is 13.8. The Labute approximate surface area is 151 Å². The van der Waals surface area contributed by atoms with Crippen molar-refractivity contribution in [2.75, 3.05) is 10.6 Å². The highest BCUT2D eigenvalue weighted by atomic mass is 19.4. The third kappa shape index (κ3) is 5.25. The lowest BCUT2D eigenvalue weighted by atomic mass is 10.1. The van der Waals surface area contributed by atoms with Gasteiger partial charge in [-0.15, -0.1) is 0 Å². The van der Waals surface area contributed by atoms with E-state index < -0.39 is 23.9 Å². The number of amides is 2. The Bertz CT molecular complexity index is 807. The number of nitrogens with one attached hydrogen (secondary N) is 2. The summed E-state index contributed by atoms with van der Waals surface area (Å²) in [5, 5.41) is 3.91. The van der Waals surface area contributed by atoms with E-state index >= 15 is 0 Å². The molecule has 0 fully saturated rings. The molecule has 2 N–H and O–H groups in total. The smallest absolute Gasteiger partial charge is 0.324 e. The third-order valence-electron chi connectivity index (χ3n) is 3.57. The van der Waals surface area contributed by atoms with Crippen molar-refractivity contribution in [2.45, 2.75) is 24.9 Å². The molecule has 0 spiro atoms. The molecular formula is C18H15F5N2O2. The lowest BCUT2D eigenvalue weighted by Gasteiger charge is -2.19. The summed E-state index contributed by atoms with van der Waals surface area (Å²) in [7, 11) is 0. The number of carbonyl (C=O) groups excluding carboxylic acids is 2. The van der Waals surface area contributed by atoms with E-state index in [0.717, 1.165) is 11.6 Å². The number of halogens is 5. The SMILES string of the molecule is O=C(CCc1ccccc1)Nc1ccccc1NC(=O)C(F)(F)C(F)(F)F. The molecule has 0 heterocycles. The topological polar surface area (TPSA) is 58.2 Å². The zero-order chi connectivity index (χ0) is 20.1. The van der Waals surface area contributed by atoms with E-state index in [1.165, 1.54) is 23.5 Å². The molecule has 2 aromatic rings. The van der Waals surface area contributed by atoms with Gasteiger partial charge < -0.3 is 10.6 Å². The first-order chi connectivity index (χ1) is 12.6. The van der Waals surface area contributed by atoms with Crippen LogP contribution in [0.1, 0.15) is 12.0 Å². The number of carbonyl (C=O) groups is 2. The lowest BCUT2D eigenvalue weighted by Crippen LogP contribution is -2.47. The number of hydrogen-bond donors (Lipinski definition) is 2. The third-order valence-corrected chi connectivity index (χ3v) is 3.57. The van der Waals surface area contributed by atoms with E-state index in [1.807, 2.05) is 18.2 Å². The minimum atomic E-state index is -6.02. The van der Waals surface area contributed by atoms with Crippen LogP contribution < -0.4 is 10.6 Å². The highest BCUT2D eigenvalue weighted by Gasteiger charge is 2.63. The van der Waals surface area contributed by atoms with Crippen LogP contribution in [-0.4, -0.2) is 23.9 Å². The number of rotatable bonds is 6. The summed E-state index contributed by atoms with van der Waals surface area (Å²) in [6.45, 7) is 0. The van der Waals surface area contributed by atoms with Crippen LogP contribution in [0.2, 0.25) is 0 Å². The van der Waals surface area contributed by atoms with Crippen molar-refractivity contribution in [2.24, 2.45) is 0 Å². The molecule has 0 saturated heterocycles. The van der Waals surface area contributed by atoms with Crippen molar-refractivity contribution < 1.29 is 31.5 Å². The Balaban J connectivity index is 2.05. The fraction of sp³-hybridized carbons (Fsp3) is 0.222. The molecule has 0 aliphatic heterocycles. The molecule has 0 atom stereocenters. The normalized spacial score (nSPS) is 11.7. The molecule has 0 aliphatic rings. The number of anilines is 2. The molecule has 2 aromatic carbocycles. The summed E-state index contributed by atoms with van der Waals surface area (Å²) in [4.78, 5) is 23.4. The van der Waals surface area contributed by atoms with Gasteiger partial charge in [0.15, 0.2) is 0 Å². The molecule has 0 saturated carbocycles. The monoisotopic (exact) mass is 386 g/mol. The minimum Gasteiger partial charge on any atom is -0.324 e. The van der Waals surface area contributed by atoms with E-state index in [-0.39, 0.29) is 17.8 Å². The maximum absolute atomic E-state index is 13.1. The summed E-state index contributed by atoms with van der Waals surface area (Å²) in [5.74, 6) is -8.57. The number of benzene rings is 2. The van der Waals surface area contributed by atoms with Crippen LogP contribution in [0.5, 0.6) is 0 Å². The van der Waals surface area contributed by atoms with Crippen LogP contribution in [0.15, 0.2) is 54.6 Å². The average Bonchev–Trinajstić information content (AvgIpc) is 2.61. The van der Waals surface area contributed by atoms with Gasteiger partial charge in [0.05, 0.1) is 11.4 Å². The lowest BCUT2D eigenvalue weighted by molar-refractivity contribution is -0.267.